The van der Waals surface area contributed by atoms with Gasteiger partial charge in [-0.15, -0.1) is 0 Å². The summed E-state index contributed by atoms with van der Waals surface area (Å²) in [5, 5.41) is 11.8. The molecule has 0 fully saturated rings. The molecule has 3 rings (SSSR count). The van der Waals surface area contributed by atoms with Crippen LogP contribution in [0.5, 0.6) is 5.75 Å². The Labute approximate surface area is 133 Å². The van der Waals surface area contributed by atoms with E-state index in [0.717, 1.165) is 22.2 Å². The van der Waals surface area contributed by atoms with Crippen molar-refractivity contribution in [1.29, 1.82) is 0 Å². The van der Waals surface area contributed by atoms with Gasteiger partial charge >= 0.3 is 0 Å². The summed E-state index contributed by atoms with van der Waals surface area (Å²) in [4.78, 5) is 15.0. The Bertz CT molecular complexity index is 904. The number of hydrogen-bond donors (Lipinski definition) is 0. The minimum atomic E-state index is -0.406. The predicted octanol–water partition coefficient (Wildman–Crippen LogP) is 4.32. The molecule has 5 nitrogen and oxygen atoms in total. The van der Waals surface area contributed by atoms with Gasteiger partial charge in [0.2, 0.25) is 0 Å². The van der Waals surface area contributed by atoms with Crippen LogP contribution in [0.25, 0.3) is 23.1 Å². The number of fused-ring (bicyclic) bond motifs is 1. The van der Waals surface area contributed by atoms with Crippen LogP contribution in [0.3, 0.4) is 0 Å². The summed E-state index contributed by atoms with van der Waals surface area (Å²) in [5.41, 5.74) is 2.37. The first-order valence-corrected chi connectivity index (χ1v) is 7.04. The highest BCUT2D eigenvalue weighted by Gasteiger charge is 2.05. The number of ether oxygens (including phenoxy) is 1. The van der Waals surface area contributed by atoms with Gasteiger partial charge in [0.1, 0.15) is 11.3 Å². The van der Waals surface area contributed by atoms with Gasteiger partial charge in [-0.05, 0) is 23.8 Å². The van der Waals surface area contributed by atoms with Crippen molar-refractivity contribution >= 4 is 28.7 Å². The molecule has 0 aliphatic rings. The van der Waals surface area contributed by atoms with Crippen LogP contribution >= 0.6 is 0 Å². The molecule has 1 heterocycles. The molecule has 2 aromatic carbocycles. The minimum absolute atomic E-state index is 0.0697. The fourth-order valence-corrected chi connectivity index (χ4v) is 2.32. The fraction of sp³-hybridized carbons (Fsp3) is 0.0556. The first-order chi connectivity index (χ1) is 11.2. The summed E-state index contributed by atoms with van der Waals surface area (Å²) in [6, 6.07) is 16.1. The van der Waals surface area contributed by atoms with E-state index in [9.17, 15) is 10.1 Å². The van der Waals surface area contributed by atoms with E-state index in [1.165, 1.54) is 12.1 Å². The van der Waals surface area contributed by atoms with Crippen LogP contribution in [0.15, 0.2) is 54.6 Å². The highest BCUT2D eigenvalue weighted by Crippen LogP contribution is 2.24. The maximum atomic E-state index is 10.8. The van der Waals surface area contributed by atoms with Crippen LogP contribution in [0.4, 0.5) is 5.69 Å². The van der Waals surface area contributed by atoms with Gasteiger partial charge in [-0.25, -0.2) is 4.98 Å². The average Bonchev–Trinajstić information content (AvgIpc) is 2.59. The normalized spacial score (nSPS) is 11.0. The molecule has 0 amide bonds. The Morgan fingerprint density at radius 1 is 1.09 bits per heavy atom. The van der Waals surface area contributed by atoms with Gasteiger partial charge in [0.25, 0.3) is 5.69 Å². The third-order valence-corrected chi connectivity index (χ3v) is 3.45. The van der Waals surface area contributed by atoms with Gasteiger partial charge in [0.15, 0.2) is 0 Å². The number of nitro groups is 1. The number of aromatic nitrogens is 1. The Morgan fingerprint density at radius 3 is 2.70 bits per heavy atom. The van der Waals surface area contributed by atoms with E-state index in [2.05, 4.69) is 4.98 Å². The zero-order valence-corrected chi connectivity index (χ0v) is 12.5. The van der Waals surface area contributed by atoms with Crippen molar-refractivity contribution in [3.63, 3.8) is 0 Å². The van der Waals surface area contributed by atoms with Crippen molar-refractivity contribution < 1.29 is 9.66 Å². The maximum Gasteiger partial charge on any atom is 0.270 e. The zero-order valence-electron chi connectivity index (χ0n) is 12.5. The highest BCUT2D eigenvalue weighted by molar-refractivity contribution is 5.86. The van der Waals surface area contributed by atoms with Crippen LogP contribution in [0, 0.1) is 10.1 Å². The summed E-state index contributed by atoms with van der Waals surface area (Å²) in [6.45, 7) is 0. The van der Waals surface area contributed by atoms with Gasteiger partial charge in [-0.2, -0.15) is 0 Å². The van der Waals surface area contributed by atoms with E-state index in [1.807, 2.05) is 42.5 Å². The SMILES string of the molecule is COc1cccc2ccc(/C=C/c3cccc([N+](=O)[O-])c3)nc12. The van der Waals surface area contributed by atoms with Crippen LogP contribution in [-0.4, -0.2) is 17.0 Å². The molecule has 0 N–H and O–H groups in total. The lowest BCUT2D eigenvalue weighted by Gasteiger charge is -2.05. The molecule has 0 bridgehead atoms. The van der Waals surface area contributed by atoms with Gasteiger partial charge in [0, 0.05) is 17.5 Å². The Balaban J connectivity index is 1.95. The molecular weight excluding hydrogens is 292 g/mol. The molecule has 0 aliphatic heterocycles. The smallest absolute Gasteiger partial charge is 0.270 e. The van der Waals surface area contributed by atoms with Gasteiger partial charge in [-0.1, -0.05) is 36.4 Å². The van der Waals surface area contributed by atoms with E-state index in [4.69, 9.17) is 4.74 Å². The van der Waals surface area contributed by atoms with Crippen molar-refractivity contribution in [2.75, 3.05) is 7.11 Å². The van der Waals surface area contributed by atoms with E-state index in [0.29, 0.717) is 5.75 Å². The molecule has 0 atom stereocenters. The largest absolute Gasteiger partial charge is 0.494 e. The lowest BCUT2D eigenvalue weighted by atomic mass is 10.1. The summed E-state index contributed by atoms with van der Waals surface area (Å²) >= 11 is 0. The Kier molecular flexibility index (Phi) is 4.01. The third-order valence-electron chi connectivity index (χ3n) is 3.45. The first kappa shape index (κ1) is 14.7. The average molecular weight is 306 g/mol. The van der Waals surface area contributed by atoms with E-state index in [-0.39, 0.29) is 5.69 Å². The predicted molar refractivity (Wildman–Crippen MR) is 90.3 cm³/mol. The molecule has 0 spiro atoms. The second-order valence-corrected chi connectivity index (χ2v) is 4.95. The minimum Gasteiger partial charge on any atom is -0.494 e. The molecule has 23 heavy (non-hydrogen) atoms. The molecule has 3 aromatic rings. The number of nitrogens with zero attached hydrogens (tertiary/aromatic N) is 2. The number of benzene rings is 2. The van der Waals surface area contributed by atoms with Crippen LogP contribution in [0.2, 0.25) is 0 Å². The Hall–Kier alpha value is -3.21. The van der Waals surface area contributed by atoms with Crippen LogP contribution < -0.4 is 4.74 Å². The number of para-hydroxylation sites is 1. The van der Waals surface area contributed by atoms with Crippen molar-refractivity contribution in [3.8, 4) is 5.75 Å². The third kappa shape index (κ3) is 3.18. The highest BCUT2D eigenvalue weighted by atomic mass is 16.6. The standard InChI is InChI=1S/C18H14N2O3/c1-23-17-7-3-5-14-9-11-15(19-18(14)17)10-8-13-4-2-6-16(12-13)20(21)22/h2-12H,1H3/b10-8+. The van der Waals surface area contributed by atoms with Crippen molar-refractivity contribution in [1.82, 2.24) is 4.98 Å². The first-order valence-electron chi connectivity index (χ1n) is 7.04. The zero-order chi connectivity index (χ0) is 16.2. The van der Waals surface area contributed by atoms with Crippen molar-refractivity contribution in [2.24, 2.45) is 0 Å². The lowest BCUT2D eigenvalue weighted by Crippen LogP contribution is -1.89. The lowest BCUT2D eigenvalue weighted by molar-refractivity contribution is -0.384. The quantitative estimate of drug-likeness (QED) is 0.532. The summed E-state index contributed by atoms with van der Waals surface area (Å²) in [5.74, 6) is 0.716. The van der Waals surface area contributed by atoms with Crippen LogP contribution in [0.1, 0.15) is 11.3 Å². The van der Waals surface area contributed by atoms with E-state index < -0.39 is 4.92 Å². The summed E-state index contributed by atoms with van der Waals surface area (Å²) in [6.07, 6.45) is 3.63. The monoisotopic (exact) mass is 306 g/mol. The molecule has 0 aliphatic carbocycles. The molecule has 0 saturated carbocycles. The van der Waals surface area contributed by atoms with E-state index >= 15 is 0 Å². The summed E-state index contributed by atoms with van der Waals surface area (Å²) < 4.78 is 5.33. The number of nitro benzene ring substituents is 1. The number of pyridine rings is 1. The number of hydrogen-bond acceptors (Lipinski definition) is 4. The number of rotatable bonds is 4. The molecular formula is C18H14N2O3. The molecule has 0 unspecified atom stereocenters. The molecule has 0 radical (unpaired) electrons. The Morgan fingerprint density at radius 2 is 1.91 bits per heavy atom. The topological polar surface area (TPSA) is 65.3 Å². The molecule has 0 saturated heterocycles. The van der Waals surface area contributed by atoms with Gasteiger partial charge in [-0.3, -0.25) is 10.1 Å². The second kappa shape index (κ2) is 6.27. The van der Waals surface area contributed by atoms with Crippen molar-refractivity contribution in [3.05, 3.63) is 76.0 Å². The van der Waals surface area contributed by atoms with Crippen molar-refractivity contribution in [2.45, 2.75) is 0 Å². The number of non-ortho nitro benzene ring substituents is 1. The summed E-state index contributed by atoms with van der Waals surface area (Å²) in [7, 11) is 1.61. The molecule has 114 valence electrons. The van der Waals surface area contributed by atoms with E-state index in [1.54, 1.807) is 19.3 Å². The fourth-order valence-electron chi connectivity index (χ4n) is 2.32. The van der Waals surface area contributed by atoms with Gasteiger partial charge in [0.05, 0.1) is 17.7 Å². The number of methoxy groups -OCH3 is 1. The van der Waals surface area contributed by atoms with Gasteiger partial charge < -0.3 is 4.74 Å². The molecule has 1 aromatic heterocycles. The second-order valence-electron chi connectivity index (χ2n) is 4.95. The van der Waals surface area contributed by atoms with Crippen LogP contribution in [-0.2, 0) is 0 Å². The molecule has 5 heteroatoms. The maximum absolute atomic E-state index is 10.8.